The monoisotopic (exact) mass is 355 g/mol. The van der Waals surface area contributed by atoms with Crippen LogP contribution in [0.25, 0.3) is 0 Å². The highest BCUT2D eigenvalue weighted by atomic mass is 16.3. The van der Waals surface area contributed by atoms with Crippen molar-refractivity contribution in [2.24, 2.45) is 10.9 Å². The molecule has 0 amide bonds. The molecule has 0 fully saturated rings. The lowest BCUT2D eigenvalue weighted by atomic mass is 9.96. The zero-order valence-corrected chi connectivity index (χ0v) is 15.9. The van der Waals surface area contributed by atoms with Crippen molar-refractivity contribution in [1.29, 1.82) is 0 Å². The number of ketones is 1. The van der Waals surface area contributed by atoms with Gasteiger partial charge in [-0.05, 0) is 25.3 Å². The fourth-order valence-corrected chi connectivity index (χ4v) is 3.71. The average molecular weight is 355 g/mol. The number of para-hydroxylation sites is 1. The van der Waals surface area contributed by atoms with Crippen LogP contribution in [-0.4, -0.2) is 41.3 Å². The van der Waals surface area contributed by atoms with Gasteiger partial charge in [0.05, 0.1) is 24.7 Å². The first-order chi connectivity index (χ1) is 12.5. The Morgan fingerprint density at radius 1 is 1.27 bits per heavy atom. The third-order valence-electron chi connectivity index (χ3n) is 4.99. The molecule has 140 valence electrons. The number of Topliss-reactive ketones (excluding diaryl/α,β-unsaturated/α-hetero) is 1. The summed E-state index contributed by atoms with van der Waals surface area (Å²) in [4.78, 5) is 20.9. The Balaban J connectivity index is 1.72. The topological polar surface area (TPSA) is 56.1 Å². The predicted octanol–water partition coefficient (Wildman–Crippen LogP) is 3.51. The number of carbonyl (C=O) groups excluding carboxylic acids is 1. The summed E-state index contributed by atoms with van der Waals surface area (Å²) >= 11 is 0. The van der Waals surface area contributed by atoms with Crippen molar-refractivity contribution in [2.75, 3.05) is 18.1 Å². The summed E-state index contributed by atoms with van der Waals surface area (Å²) in [6, 6.07) is 8.41. The standard InChI is InChI=1S/C21H29N3O2/c1-15(2)11-17(26)7-6-10-23-14-22-19-12-24(16(3)13-25)20-9-5-4-8-18(20)21(19)23/h4-5,8-9,12,14-16,21,25H,6-7,10-11,13H2,1-3H3. The number of aliphatic hydroxyl groups excluding tert-OH is 1. The number of aliphatic hydroxyl groups is 1. The van der Waals surface area contributed by atoms with E-state index in [-0.39, 0.29) is 18.7 Å². The van der Waals surface area contributed by atoms with Crippen molar-refractivity contribution in [3.8, 4) is 0 Å². The molecule has 0 aliphatic carbocycles. The van der Waals surface area contributed by atoms with Crippen molar-refractivity contribution >= 4 is 17.8 Å². The van der Waals surface area contributed by atoms with Crippen molar-refractivity contribution < 1.29 is 9.90 Å². The van der Waals surface area contributed by atoms with Crippen molar-refractivity contribution in [3.63, 3.8) is 0 Å². The lowest BCUT2D eigenvalue weighted by Gasteiger charge is -2.37. The van der Waals surface area contributed by atoms with Crippen LogP contribution in [0.15, 0.2) is 41.2 Å². The summed E-state index contributed by atoms with van der Waals surface area (Å²) in [7, 11) is 0. The van der Waals surface area contributed by atoms with Gasteiger partial charge in [0.2, 0.25) is 0 Å². The van der Waals surface area contributed by atoms with E-state index in [2.05, 4.69) is 40.8 Å². The van der Waals surface area contributed by atoms with E-state index in [9.17, 15) is 9.90 Å². The van der Waals surface area contributed by atoms with Gasteiger partial charge in [0.25, 0.3) is 0 Å². The number of benzene rings is 1. The SMILES string of the molecule is CC(C)CC(=O)CCCN1C=NC2=CN(C(C)CO)c3ccccc3C21. The molecule has 0 spiro atoms. The molecular weight excluding hydrogens is 326 g/mol. The van der Waals surface area contributed by atoms with Crippen LogP contribution in [0.2, 0.25) is 0 Å². The zero-order valence-electron chi connectivity index (χ0n) is 15.9. The van der Waals surface area contributed by atoms with E-state index in [1.807, 2.05) is 31.6 Å². The summed E-state index contributed by atoms with van der Waals surface area (Å²) in [5.41, 5.74) is 3.32. The van der Waals surface area contributed by atoms with E-state index >= 15 is 0 Å². The first-order valence-corrected chi connectivity index (χ1v) is 9.52. The molecule has 2 aliphatic heterocycles. The summed E-state index contributed by atoms with van der Waals surface area (Å²) in [6.45, 7) is 7.08. The molecule has 1 aromatic rings. The second-order valence-corrected chi connectivity index (χ2v) is 7.68. The third-order valence-corrected chi connectivity index (χ3v) is 4.99. The van der Waals surface area contributed by atoms with Crippen molar-refractivity contribution in [2.45, 2.75) is 52.1 Å². The van der Waals surface area contributed by atoms with Crippen molar-refractivity contribution in [3.05, 3.63) is 41.7 Å². The molecule has 5 nitrogen and oxygen atoms in total. The van der Waals surface area contributed by atoms with Gasteiger partial charge in [0, 0.05) is 36.8 Å². The van der Waals surface area contributed by atoms with Gasteiger partial charge in [-0.3, -0.25) is 4.79 Å². The van der Waals surface area contributed by atoms with Crippen LogP contribution < -0.4 is 4.90 Å². The minimum atomic E-state index is 0.00232. The molecule has 2 atom stereocenters. The van der Waals surface area contributed by atoms with Crippen LogP contribution in [0.1, 0.15) is 51.6 Å². The first-order valence-electron chi connectivity index (χ1n) is 9.52. The van der Waals surface area contributed by atoms with Crippen LogP contribution in [-0.2, 0) is 4.79 Å². The molecule has 2 unspecified atom stereocenters. The van der Waals surface area contributed by atoms with E-state index in [4.69, 9.17) is 0 Å². The molecular formula is C21H29N3O2. The van der Waals surface area contributed by atoms with E-state index < -0.39 is 0 Å². The fourth-order valence-electron chi connectivity index (χ4n) is 3.71. The molecule has 0 aromatic heterocycles. The molecule has 26 heavy (non-hydrogen) atoms. The number of rotatable bonds is 8. The van der Waals surface area contributed by atoms with Crippen LogP contribution in [0.5, 0.6) is 0 Å². The minimum absolute atomic E-state index is 0.00232. The maximum Gasteiger partial charge on any atom is 0.133 e. The van der Waals surface area contributed by atoms with E-state index in [1.165, 1.54) is 5.56 Å². The van der Waals surface area contributed by atoms with Gasteiger partial charge in [0.1, 0.15) is 11.8 Å². The molecule has 0 saturated carbocycles. The zero-order chi connectivity index (χ0) is 18.7. The lowest BCUT2D eigenvalue weighted by Crippen LogP contribution is -2.37. The predicted molar refractivity (Wildman–Crippen MR) is 105 cm³/mol. The number of hydrogen-bond donors (Lipinski definition) is 1. The van der Waals surface area contributed by atoms with Gasteiger partial charge in [-0.25, -0.2) is 4.99 Å². The molecule has 0 bridgehead atoms. The number of anilines is 1. The second-order valence-electron chi connectivity index (χ2n) is 7.68. The molecule has 2 aliphatic rings. The molecule has 1 N–H and O–H groups in total. The van der Waals surface area contributed by atoms with Crippen LogP contribution in [0.4, 0.5) is 5.69 Å². The number of fused-ring (bicyclic) bond motifs is 3. The number of carbonyl (C=O) groups is 1. The van der Waals surface area contributed by atoms with Crippen LogP contribution >= 0.6 is 0 Å². The number of hydrogen-bond acceptors (Lipinski definition) is 5. The maximum absolute atomic E-state index is 12.0. The smallest absolute Gasteiger partial charge is 0.133 e. The Hall–Kier alpha value is -2.14. The van der Waals surface area contributed by atoms with Crippen LogP contribution in [0, 0.1) is 5.92 Å². The van der Waals surface area contributed by atoms with Gasteiger partial charge in [-0.1, -0.05) is 32.0 Å². The Morgan fingerprint density at radius 3 is 2.77 bits per heavy atom. The Bertz CT molecular complexity index is 711. The number of aliphatic imine (C=N–C) groups is 1. The Morgan fingerprint density at radius 2 is 2.04 bits per heavy atom. The van der Waals surface area contributed by atoms with Gasteiger partial charge < -0.3 is 14.9 Å². The fraction of sp³-hybridized carbons (Fsp3) is 0.524. The lowest BCUT2D eigenvalue weighted by molar-refractivity contribution is -0.119. The molecule has 0 radical (unpaired) electrons. The van der Waals surface area contributed by atoms with Crippen molar-refractivity contribution in [1.82, 2.24) is 4.90 Å². The quantitative estimate of drug-likeness (QED) is 0.775. The van der Waals surface area contributed by atoms with Gasteiger partial charge in [-0.2, -0.15) is 0 Å². The van der Waals surface area contributed by atoms with E-state index in [1.54, 1.807) is 0 Å². The second kappa shape index (κ2) is 8.04. The summed E-state index contributed by atoms with van der Waals surface area (Å²) < 4.78 is 0. The summed E-state index contributed by atoms with van der Waals surface area (Å²) in [6.07, 6.45) is 6.09. The molecule has 0 saturated heterocycles. The highest BCUT2D eigenvalue weighted by Crippen LogP contribution is 2.43. The van der Waals surface area contributed by atoms with Gasteiger partial charge in [-0.15, -0.1) is 0 Å². The highest BCUT2D eigenvalue weighted by molar-refractivity contribution is 5.78. The average Bonchev–Trinajstić information content (AvgIpc) is 3.03. The Kier molecular flexibility index (Phi) is 5.77. The first kappa shape index (κ1) is 18.6. The highest BCUT2D eigenvalue weighted by Gasteiger charge is 2.34. The van der Waals surface area contributed by atoms with E-state index in [0.29, 0.717) is 24.5 Å². The largest absolute Gasteiger partial charge is 0.394 e. The molecule has 5 heteroatoms. The van der Waals surface area contributed by atoms with Gasteiger partial charge >= 0.3 is 0 Å². The summed E-state index contributed by atoms with van der Waals surface area (Å²) in [5, 5.41) is 9.58. The third kappa shape index (κ3) is 3.83. The Labute approximate surface area is 156 Å². The van der Waals surface area contributed by atoms with Crippen LogP contribution in [0.3, 0.4) is 0 Å². The maximum atomic E-state index is 12.0. The normalized spacial score (nSPS) is 19.4. The summed E-state index contributed by atoms with van der Waals surface area (Å²) in [5.74, 6) is 0.772. The number of nitrogens with zero attached hydrogens (tertiary/aromatic N) is 3. The molecule has 2 heterocycles. The van der Waals surface area contributed by atoms with E-state index in [0.717, 1.165) is 24.4 Å². The van der Waals surface area contributed by atoms with Gasteiger partial charge in [0.15, 0.2) is 0 Å². The molecule has 3 rings (SSSR count). The molecule has 1 aromatic carbocycles. The minimum Gasteiger partial charge on any atom is -0.394 e.